The van der Waals surface area contributed by atoms with E-state index in [4.69, 9.17) is 0 Å². The molecule has 0 aromatic heterocycles. The Hall–Kier alpha value is -0.480. The minimum Gasteiger partial charge on any atom is -0.314 e. The topological polar surface area (TPSA) is 12.0 Å². The van der Waals surface area contributed by atoms with Gasteiger partial charge in [0.1, 0.15) is 0 Å². The second-order valence-corrected chi connectivity index (χ2v) is 6.64. The van der Waals surface area contributed by atoms with Crippen LogP contribution in [0.15, 0.2) is 0 Å². The van der Waals surface area contributed by atoms with Crippen LogP contribution in [0.4, 0.5) is 0 Å². The minimum absolute atomic E-state index is 0.626. The van der Waals surface area contributed by atoms with Crippen LogP contribution in [0, 0.1) is 23.7 Å². The van der Waals surface area contributed by atoms with Crippen LogP contribution in [-0.2, 0) is 0 Å². The molecule has 0 radical (unpaired) electrons. The Morgan fingerprint density at radius 3 is 2.09 bits per heavy atom. The van der Waals surface area contributed by atoms with Crippen LogP contribution < -0.4 is 5.32 Å². The van der Waals surface area contributed by atoms with Crippen molar-refractivity contribution >= 4 is 0 Å². The summed E-state index contributed by atoms with van der Waals surface area (Å²) < 4.78 is 0. The van der Waals surface area contributed by atoms with Gasteiger partial charge in [0.25, 0.3) is 0 Å². The smallest absolute Gasteiger partial charge is 0.0231 e. The number of hydrogen-bond acceptors (Lipinski definition) is 1. The van der Waals surface area contributed by atoms with Crippen molar-refractivity contribution in [2.24, 2.45) is 11.8 Å². The van der Waals surface area contributed by atoms with Gasteiger partial charge in [0, 0.05) is 12.0 Å². The van der Waals surface area contributed by atoms with E-state index < -0.39 is 0 Å². The van der Waals surface area contributed by atoms with Gasteiger partial charge in [-0.15, -0.1) is 5.92 Å². The van der Waals surface area contributed by atoms with Crippen molar-refractivity contribution in [3.05, 3.63) is 0 Å². The van der Waals surface area contributed by atoms with E-state index in [-0.39, 0.29) is 0 Å². The molecular formula is C21H41N. The first kappa shape index (κ1) is 21.5. The average Bonchev–Trinajstić information content (AvgIpc) is 2.53. The van der Waals surface area contributed by atoms with E-state index in [1.807, 2.05) is 6.92 Å². The van der Waals surface area contributed by atoms with Crippen LogP contribution in [0.25, 0.3) is 0 Å². The van der Waals surface area contributed by atoms with E-state index in [9.17, 15) is 0 Å². The fraction of sp³-hybridized carbons (Fsp3) is 0.905. The van der Waals surface area contributed by atoms with Gasteiger partial charge < -0.3 is 5.32 Å². The van der Waals surface area contributed by atoms with Crippen molar-refractivity contribution in [2.75, 3.05) is 6.54 Å². The summed E-state index contributed by atoms with van der Waals surface area (Å²) in [4.78, 5) is 0. The van der Waals surface area contributed by atoms with Crippen LogP contribution in [-0.4, -0.2) is 12.6 Å². The third-order valence-corrected chi connectivity index (χ3v) is 4.82. The molecule has 0 aromatic rings. The maximum absolute atomic E-state index is 3.63. The third kappa shape index (κ3) is 10.3. The SMILES string of the molecule is CC#CC(CCCC)C(CCCCC)CCC(CC)NCC. The lowest BCUT2D eigenvalue weighted by atomic mass is 9.80. The Balaban J connectivity index is 4.62. The van der Waals surface area contributed by atoms with E-state index >= 15 is 0 Å². The fourth-order valence-electron chi connectivity index (χ4n) is 3.39. The van der Waals surface area contributed by atoms with Gasteiger partial charge in [-0.05, 0) is 51.5 Å². The molecule has 1 N–H and O–H groups in total. The van der Waals surface area contributed by atoms with Crippen LogP contribution in [0.2, 0.25) is 0 Å². The van der Waals surface area contributed by atoms with Crippen LogP contribution >= 0.6 is 0 Å². The van der Waals surface area contributed by atoms with Crippen LogP contribution in [0.1, 0.15) is 98.8 Å². The lowest BCUT2D eigenvalue weighted by Gasteiger charge is -2.26. The van der Waals surface area contributed by atoms with Crippen molar-refractivity contribution in [2.45, 2.75) is 105 Å². The van der Waals surface area contributed by atoms with Crippen molar-refractivity contribution in [3.63, 3.8) is 0 Å². The molecular weight excluding hydrogens is 266 g/mol. The minimum atomic E-state index is 0.626. The summed E-state index contributed by atoms with van der Waals surface area (Å²) in [5.41, 5.74) is 0. The van der Waals surface area contributed by atoms with Gasteiger partial charge in [0.05, 0.1) is 0 Å². The predicted molar refractivity (Wildman–Crippen MR) is 101 cm³/mol. The Morgan fingerprint density at radius 1 is 0.818 bits per heavy atom. The summed E-state index contributed by atoms with van der Waals surface area (Å²) in [5, 5.41) is 3.63. The lowest BCUT2D eigenvalue weighted by Crippen LogP contribution is -2.29. The number of nitrogens with one attached hydrogen (secondary N) is 1. The molecule has 0 aliphatic heterocycles. The van der Waals surface area contributed by atoms with E-state index in [0.29, 0.717) is 12.0 Å². The van der Waals surface area contributed by atoms with Crippen molar-refractivity contribution in [3.8, 4) is 11.8 Å². The zero-order valence-corrected chi connectivity index (χ0v) is 16.0. The van der Waals surface area contributed by atoms with Crippen LogP contribution in [0.3, 0.4) is 0 Å². The summed E-state index contributed by atoms with van der Waals surface area (Å²) >= 11 is 0. The first-order valence-corrected chi connectivity index (χ1v) is 9.88. The number of unbranched alkanes of at least 4 members (excludes halogenated alkanes) is 3. The Morgan fingerprint density at radius 2 is 1.55 bits per heavy atom. The lowest BCUT2D eigenvalue weighted by molar-refractivity contribution is 0.297. The fourth-order valence-corrected chi connectivity index (χ4v) is 3.39. The second-order valence-electron chi connectivity index (χ2n) is 6.64. The highest BCUT2D eigenvalue weighted by molar-refractivity contribution is 5.03. The molecule has 130 valence electrons. The molecule has 0 heterocycles. The summed E-state index contributed by atoms with van der Waals surface area (Å²) in [6.45, 7) is 12.2. The average molecular weight is 308 g/mol. The molecule has 22 heavy (non-hydrogen) atoms. The van der Waals surface area contributed by atoms with Gasteiger partial charge in [-0.1, -0.05) is 65.7 Å². The molecule has 1 heteroatoms. The maximum atomic E-state index is 3.63. The quantitative estimate of drug-likeness (QED) is 0.298. The zero-order valence-electron chi connectivity index (χ0n) is 16.0. The molecule has 0 aliphatic rings. The van der Waals surface area contributed by atoms with Gasteiger partial charge in [-0.2, -0.15) is 0 Å². The first-order valence-electron chi connectivity index (χ1n) is 9.88. The largest absolute Gasteiger partial charge is 0.314 e. The monoisotopic (exact) mass is 307 g/mol. The first-order chi connectivity index (χ1) is 10.7. The summed E-state index contributed by atoms with van der Waals surface area (Å²) in [6.07, 6.45) is 13.3. The molecule has 0 aromatic carbocycles. The Kier molecular flexibility index (Phi) is 15.1. The molecule has 0 aliphatic carbocycles. The van der Waals surface area contributed by atoms with Crippen molar-refractivity contribution < 1.29 is 0 Å². The molecule has 0 amide bonds. The Bertz CT molecular complexity index is 286. The van der Waals surface area contributed by atoms with Crippen molar-refractivity contribution in [1.82, 2.24) is 5.32 Å². The van der Waals surface area contributed by atoms with Gasteiger partial charge in [-0.3, -0.25) is 0 Å². The highest BCUT2D eigenvalue weighted by Gasteiger charge is 2.20. The molecule has 0 fully saturated rings. The molecule has 3 atom stereocenters. The normalized spacial score (nSPS) is 15.0. The zero-order chi connectivity index (χ0) is 16.6. The van der Waals surface area contributed by atoms with Gasteiger partial charge >= 0.3 is 0 Å². The summed E-state index contributed by atoms with van der Waals surface area (Å²) in [7, 11) is 0. The molecule has 3 unspecified atom stereocenters. The van der Waals surface area contributed by atoms with E-state index in [0.717, 1.165) is 12.5 Å². The molecule has 0 saturated heterocycles. The van der Waals surface area contributed by atoms with Crippen LogP contribution in [0.5, 0.6) is 0 Å². The van der Waals surface area contributed by atoms with Gasteiger partial charge in [-0.25, -0.2) is 0 Å². The molecule has 0 rings (SSSR count). The van der Waals surface area contributed by atoms with Gasteiger partial charge in [0.2, 0.25) is 0 Å². The number of hydrogen-bond donors (Lipinski definition) is 1. The summed E-state index contributed by atoms with van der Waals surface area (Å²) in [5.74, 6) is 8.19. The third-order valence-electron chi connectivity index (χ3n) is 4.82. The Labute approximate surface area is 141 Å². The number of rotatable bonds is 14. The van der Waals surface area contributed by atoms with Crippen molar-refractivity contribution in [1.29, 1.82) is 0 Å². The van der Waals surface area contributed by atoms with E-state index in [1.165, 1.54) is 64.2 Å². The summed E-state index contributed by atoms with van der Waals surface area (Å²) in [6, 6.07) is 0.695. The highest BCUT2D eigenvalue weighted by Crippen LogP contribution is 2.29. The van der Waals surface area contributed by atoms with E-state index in [1.54, 1.807) is 0 Å². The second kappa shape index (κ2) is 15.4. The van der Waals surface area contributed by atoms with E-state index in [2.05, 4.69) is 44.9 Å². The standard InChI is InChI=1S/C21H41N/c1-6-11-13-16-20(17-18-21(9-4)22-10-5)19(14-8-3)15-12-7-2/h19-22H,6-7,9-13,15-18H2,1-5H3. The molecule has 1 nitrogen and oxygen atoms in total. The maximum Gasteiger partial charge on any atom is 0.0231 e. The molecule has 0 saturated carbocycles. The predicted octanol–water partition coefficient (Wildman–Crippen LogP) is 6.18. The molecule has 0 spiro atoms. The molecule has 0 bridgehead atoms. The highest BCUT2D eigenvalue weighted by atomic mass is 14.9. The van der Waals surface area contributed by atoms with Gasteiger partial charge in [0.15, 0.2) is 0 Å².